The monoisotopic (exact) mass is 760 g/mol. The third-order valence-corrected chi connectivity index (χ3v) is 8.39. The van der Waals surface area contributed by atoms with Gasteiger partial charge in [-0.05, 0) is 57.6 Å². The van der Waals surface area contributed by atoms with Crippen LogP contribution in [0.25, 0.3) is 44.5 Å². The number of fused-ring (bicyclic) bond motifs is 2. The Morgan fingerprint density at radius 2 is 0.804 bits per heavy atom. The summed E-state index contributed by atoms with van der Waals surface area (Å²) in [4.78, 5) is 0. The van der Waals surface area contributed by atoms with E-state index < -0.39 is 35.4 Å². The van der Waals surface area contributed by atoms with Crippen LogP contribution in [0.15, 0.2) is 120 Å². The minimum absolute atomic E-state index is 0.0396. The molecule has 0 radical (unpaired) electrons. The van der Waals surface area contributed by atoms with Gasteiger partial charge in [-0.3, -0.25) is 0 Å². The molecule has 274 valence electrons. The van der Waals surface area contributed by atoms with Gasteiger partial charge >= 0.3 is 12.7 Å². The van der Waals surface area contributed by atoms with Gasteiger partial charge in [0.1, 0.15) is 35.8 Å². The van der Waals surface area contributed by atoms with Crippen LogP contribution < -0.4 is 29.6 Å². The molecule has 0 aromatic heterocycles. The Morgan fingerprint density at radius 3 is 1.11 bits per heavy atom. The maximum atomic E-state index is 12.9. The maximum absolute atomic E-state index is 12.9. The molecule has 10 nitrogen and oxygen atoms in total. The van der Waals surface area contributed by atoms with Crippen LogP contribution in [-0.4, -0.2) is 12.7 Å². The Bertz CT molecular complexity index is 2400. The van der Waals surface area contributed by atoms with E-state index in [0.717, 1.165) is 24.3 Å². The summed E-state index contributed by atoms with van der Waals surface area (Å²) in [5.41, 5.74) is 2.50. The number of benzene rings is 5. The maximum Gasteiger partial charge on any atom is 0.573 e. The van der Waals surface area contributed by atoms with E-state index >= 15 is 0 Å². The predicted octanol–water partition coefficient (Wildman–Crippen LogP) is 10.3. The second kappa shape index (κ2) is 14.0. The average Bonchev–Trinajstić information content (AvgIpc) is 3.79. The molecule has 2 aliphatic rings. The van der Waals surface area contributed by atoms with Crippen molar-refractivity contribution in [3.8, 4) is 91.8 Å². The van der Waals surface area contributed by atoms with E-state index in [1.807, 2.05) is 0 Å². The smallest absolute Gasteiger partial charge is 0.436 e. The van der Waals surface area contributed by atoms with E-state index in [1.165, 1.54) is 24.3 Å². The highest BCUT2D eigenvalue weighted by molar-refractivity contribution is 6.09. The molecule has 0 fully saturated rings. The number of hydrogen-bond acceptors (Lipinski definition) is 10. The molecule has 2 aliphatic heterocycles. The summed E-state index contributed by atoms with van der Waals surface area (Å²) in [5.74, 6) is -1.34. The molecule has 7 rings (SSSR count). The summed E-state index contributed by atoms with van der Waals surface area (Å²) in [7, 11) is 0. The Balaban J connectivity index is 1.51. The highest BCUT2D eigenvalue weighted by Gasteiger charge is 2.39. The van der Waals surface area contributed by atoms with Crippen LogP contribution in [0, 0.1) is 45.3 Å². The SMILES string of the molecule is N#CC(C#N)=C1Nc2c(c(-c3ccccc3-c3ccc(OC(F)(F)F)cc3)c3c(c2-c2ccccc2-c2ccc(OC(F)(F)F)cc2)OC(=C(C#N)C#N)N3)O1. The second-order valence-corrected chi connectivity index (χ2v) is 11.7. The van der Waals surface area contributed by atoms with Gasteiger partial charge < -0.3 is 29.6 Å². The number of anilines is 2. The van der Waals surface area contributed by atoms with Crippen LogP contribution in [0.5, 0.6) is 23.0 Å². The van der Waals surface area contributed by atoms with Gasteiger partial charge in [0.15, 0.2) is 22.6 Å². The number of rotatable bonds is 6. The van der Waals surface area contributed by atoms with Crippen molar-refractivity contribution < 1.29 is 45.3 Å². The summed E-state index contributed by atoms with van der Waals surface area (Å²) < 4.78 is 98.2. The predicted molar refractivity (Wildman–Crippen MR) is 187 cm³/mol. The van der Waals surface area contributed by atoms with E-state index in [2.05, 4.69) is 20.1 Å². The van der Waals surface area contributed by atoms with Crippen molar-refractivity contribution in [1.29, 1.82) is 21.0 Å². The first-order chi connectivity index (χ1) is 26.8. The number of halogens is 6. The minimum Gasteiger partial charge on any atom is -0.436 e. The lowest BCUT2D eigenvalue weighted by Gasteiger charge is -2.20. The standard InChI is InChI=1S/C40H18F6N6O4/c41-39(42,43)55-25-13-9-21(10-14-25)27-5-1-3-7-29(27)31-33-36(54-37(51-33)23(17-47)18-48)32(34-35(31)53-38(52-34)24(19-49)20-50)30-8-4-2-6-28(30)22-11-15-26(16-12-22)56-40(44,45)46/h1-16,51-52H. The van der Waals surface area contributed by atoms with Crippen LogP contribution in [0.2, 0.25) is 0 Å². The van der Waals surface area contributed by atoms with Crippen molar-refractivity contribution in [3.63, 3.8) is 0 Å². The van der Waals surface area contributed by atoms with Crippen LogP contribution in [0.4, 0.5) is 37.7 Å². The van der Waals surface area contributed by atoms with Crippen LogP contribution in [0.1, 0.15) is 0 Å². The molecule has 5 aromatic carbocycles. The van der Waals surface area contributed by atoms with Crippen LogP contribution in [-0.2, 0) is 0 Å². The average molecular weight is 761 g/mol. The molecule has 0 bridgehead atoms. The van der Waals surface area contributed by atoms with E-state index in [9.17, 15) is 47.4 Å². The van der Waals surface area contributed by atoms with Crippen molar-refractivity contribution in [2.24, 2.45) is 0 Å². The van der Waals surface area contributed by atoms with Crippen LogP contribution >= 0.6 is 0 Å². The largest absolute Gasteiger partial charge is 0.573 e. The fraction of sp³-hybridized carbons (Fsp3) is 0.0500. The quantitative estimate of drug-likeness (QED) is 0.126. The van der Waals surface area contributed by atoms with Gasteiger partial charge in [-0.25, -0.2) is 0 Å². The number of nitrogens with zero attached hydrogens (tertiary/aromatic N) is 4. The Labute approximate surface area is 312 Å². The summed E-state index contributed by atoms with van der Waals surface area (Å²) in [5, 5.41) is 45.3. The third kappa shape index (κ3) is 6.90. The number of allylic oxidation sites excluding steroid dienone is 2. The summed E-state index contributed by atoms with van der Waals surface area (Å²) >= 11 is 0. The zero-order valence-corrected chi connectivity index (χ0v) is 27.9. The van der Waals surface area contributed by atoms with Gasteiger partial charge in [-0.15, -0.1) is 26.3 Å². The van der Waals surface area contributed by atoms with Crippen molar-refractivity contribution >= 4 is 11.4 Å². The molecule has 0 spiro atoms. The molecule has 2 N–H and O–H groups in total. The fourth-order valence-corrected chi connectivity index (χ4v) is 6.20. The van der Waals surface area contributed by atoms with Gasteiger partial charge in [0, 0.05) is 0 Å². The molecule has 0 aliphatic carbocycles. The molecule has 56 heavy (non-hydrogen) atoms. The second-order valence-electron chi connectivity index (χ2n) is 11.7. The summed E-state index contributed by atoms with van der Waals surface area (Å²) in [6.07, 6.45) is -9.84. The molecular formula is C40H18F6N6O4. The minimum atomic E-state index is -4.92. The summed E-state index contributed by atoms with van der Waals surface area (Å²) in [6.45, 7) is 0. The number of hydrogen-bond donors (Lipinski definition) is 2. The lowest BCUT2D eigenvalue weighted by atomic mass is 9.87. The molecule has 0 saturated carbocycles. The third-order valence-electron chi connectivity index (χ3n) is 8.39. The summed E-state index contributed by atoms with van der Waals surface area (Å²) in [6, 6.07) is 30.7. The van der Waals surface area contributed by atoms with Gasteiger partial charge in [-0.2, -0.15) is 21.0 Å². The zero-order valence-electron chi connectivity index (χ0n) is 27.9. The molecule has 0 atom stereocenters. The Morgan fingerprint density at radius 1 is 0.482 bits per heavy atom. The number of nitriles is 4. The first-order valence-electron chi connectivity index (χ1n) is 16.0. The lowest BCUT2D eigenvalue weighted by molar-refractivity contribution is -0.275. The van der Waals surface area contributed by atoms with Gasteiger partial charge in [0.2, 0.25) is 11.8 Å². The zero-order chi connectivity index (χ0) is 39.8. The number of alkyl halides is 6. The Hall–Kier alpha value is -8.08. The van der Waals surface area contributed by atoms with E-state index in [1.54, 1.807) is 72.8 Å². The first kappa shape index (κ1) is 36.3. The van der Waals surface area contributed by atoms with Crippen molar-refractivity contribution in [2.75, 3.05) is 10.6 Å². The molecule has 5 aromatic rings. The molecule has 0 amide bonds. The Kier molecular flexibility index (Phi) is 9.10. The molecular weight excluding hydrogens is 742 g/mol. The molecule has 16 heteroatoms. The molecule has 0 saturated heterocycles. The molecule has 2 heterocycles. The van der Waals surface area contributed by atoms with E-state index in [0.29, 0.717) is 33.4 Å². The fourth-order valence-electron chi connectivity index (χ4n) is 6.20. The number of ether oxygens (including phenoxy) is 4. The number of nitrogens with one attached hydrogen (secondary N) is 2. The van der Waals surface area contributed by atoms with E-state index in [-0.39, 0.29) is 45.8 Å². The van der Waals surface area contributed by atoms with Crippen molar-refractivity contribution in [1.82, 2.24) is 0 Å². The van der Waals surface area contributed by atoms with E-state index in [4.69, 9.17) is 9.47 Å². The van der Waals surface area contributed by atoms with Gasteiger partial charge in [-0.1, -0.05) is 72.8 Å². The topological polar surface area (TPSA) is 156 Å². The first-order valence-corrected chi connectivity index (χ1v) is 16.0. The van der Waals surface area contributed by atoms with Crippen LogP contribution in [0.3, 0.4) is 0 Å². The highest BCUT2D eigenvalue weighted by Crippen LogP contribution is 2.61. The van der Waals surface area contributed by atoms with Crippen molar-refractivity contribution in [3.05, 3.63) is 120 Å². The van der Waals surface area contributed by atoms with Gasteiger partial charge in [0.25, 0.3) is 0 Å². The molecule has 0 unspecified atom stereocenters. The highest BCUT2D eigenvalue weighted by atomic mass is 19.4. The lowest BCUT2D eigenvalue weighted by Crippen LogP contribution is -2.16. The normalized spacial score (nSPS) is 12.5. The van der Waals surface area contributed by atoms with Gasteiger partial charge in [0.05, 0.1) is 22.5 Å². The van der Waals surface area contributed by atoms with Crippen molar-refractivity contribution in [2.45, 2.75) is 12.7 Å².